The molecule has 22 heavy (non-hydrogen) atoms. The number of amides is 2. The minimum atomic E-state index is -0.412. The first kappa shape index (κ1) is 18.9. The van der Waals surface area contributed by atoms with E-state index < -0.39 is 5.54 Å². The molecule has 2 aliphatic rings. The number of hydrogen-bond acceptors (Lipinski definition) is 2. The van der Waals surface area contributed by atoms with Gasteiger partial charge in [0.2, 0.25) is 11.8 Å². The summed E-state index contributed by atoms with van der Waals surface area (Å²) in [5.41, 5.74) is 0.0882. The highest BCUT2D eigenvalue weighted by atomic mass is 16.2. The molecule has 4 atom stereocenters. The molecule has 4 unspecified atom stereocenters. The summed E-state index contributed by atoms with van der Waals surface area (Å²) in [6.45, 7) is 18.6. The standard InChI is InChI=1S/C14H21NO2.C5H12/c1-8-6-7-9(2)11-10(8)12(16)15(13(11)17)14(3,4)5;1-5(2,3)4/h6-11H,1-5H3;1-4H3. The first-order valence-electron chi connectivity index (χ1n) is 8.31. The molecule has 1 aliphatic carbocycles. The van der Waals surface area contributed by atoms with E-state index in [0.29, 0.717) is 5.41 Å². The summed E-state index contributed by atoms with van der Waals surface area (Å²) in [6, 6.07) is 0. The van der Waals surface area contributed by atoms with E-state index in [1.54, 1.807) is 0 Å². The van der Waals surface area contributed by atoms with Crippen LogP contribution < -0.4 is 0 Å². The topological polar surface area (TPSA) is 37.4 Å². The zero-order valence-corrected chi connectivity index (χ0v) is 15.7. The lowest BCUT2D eigenvalue weighted by Gasteiger charge is -2.30. The fourth-order valence-electron chi connectivity index (χ4n) is 3.07. The van der Waals surface area contributed by atoms with Gasteiger partial charge in [0.1, 0.15) is 0 Å². The first-order valence-corrected chi connectivity index (χ1v) is 8.31. The van der Waals surface area contributed by atoms with Crippen LogP contribution in [0.15, 0.2) is 12.2 Å². The SMILES string of the molecule is CC(C)(C)C.CC1C=CC(C)C2C(=O)N(C(C)(C)C)C(=O)C12. The van der Waals surface area contributed by atoms with Crippen molar-refractivity contribution in [1.82, 2.24) is 4.90 Å². The van der Waals surface area contributed by atoms with Gasteiger partial charge in [0, 0.05) is 5.54 Å². The van der Waals surface area contributed by atoms with E-state index in [-0.39, 0.29) is 35.5 Å². The van der Waals surface area contributed by atoms with Crippen LogP contribution in [0, 0.1) is 29.1 Å². The van der Waals surface area contributed by atoms with Gasteiger partial charge in [-0.15, -0.1) is 0 Å². The Morgan fingerprint density at radius 2 is 1.05 bits per heavy atom. The minimum Gasteiger partial charge on any atom is -0.277 e. The number of likely N-dealkylation sites (tertiary alicyclic amines) is 1. The van der Waals surface area contributed by atoms with Crippen molar-refractivity contribution in [2.75, 3.05) is 0 Å². The smallest absolute Gasteiger partial charge is 0.234 e. The Morgan fingerprint density at radius 1 is 0.773 bits per heavy atom. The molecule has 0 bridgehead atoms. The van der Waals surface area contributed by atoms with Gasteiger partial charge in [0.25, 0.3) is 0 Å². The molecule has 3 heteroatoms. The second-order valence-electron chi connectivity index (χ2n) is 9.34. The number of carbonyl (C=O) groups excluding carboxylic acids is 2. The van der Waals surface area contributed by atoms with Crippen LogP contribution in [0.1, 0.15) is 62.3 Å². The molecule has 2 rings (SSSR count). The van der Waals surface area contributed by atoms with Crippen LogP contribution in [0.3, 0.4) is 0 Å². The van der Waals surface area contributed by atoms with Crippen LogP contribution in [-0.2, 0) is 9.59 Å². The summed E-state index contributed by atoms with van der Waals surface area (Å²) < 4.78 is 0. The molecule has 0 N–H and O–H groups in total. The minimum absolute atomic E-state index is 0.0104. The van der Waals surface area contributed by atoms with E-state index in [9.17, 15) is 9.59 Å². The van der Waals surface area contributed by atoms with Gasteiger partial charge in [-0.2, -0.15) is 0 Å². The lowest BCUT2D eigenvalue weighted by Crippen LogP contribution is -2.46. The van der Waals surface area contributed by atoms with Crippen LogP contribution in [0.25, 0.3) is 0 Å². The Balaban J connectivity index is 0.000000422. The van der Waals surface area contributed by atoms with Crippen molar-refractivity contribution in [1.29, 1.82) is 0 Å². The average Bonchev–Trinajstić information content (AvgIpc) is 2.54. The van der Waals surface area contributed by atoms with Crippen LogP contribution in [0.2, 0.25) is 0 Å². The van der Waals surface area contributed by atoms with Crippen molar-refractivity contribution >= 4 is 11.8 Å². The molecular formula is C19H33NO2. The lowest BCUT2D eigenvalue weighted by atomic mass is 9.73. The predicted octanol–water partition coefficient (Wildman–Crippen LogP) is 4.28. The molecule has 0 aromatic rings. The maximum atomic E-state index is 12.4. The Bertz CT molecular complexity index is 429. The maximum absolute atomic E-state index is 12.4. The van der Waals surface area contributed by atoms with Crippen LogP contribution in [0.5, 0.6) is 0 Å². The summed E-state index contributed by atoms with van der Waals surface area (Å²) >= 11 is 0. The van der Waals surface area contributed by atoms with Crippen LogP contribution in [-0.4, -0.2) is 22.3 Å². The molecular weight excluding hydrogens is 274 g/mol. The predicted molar refractivity (Wildman–Crippen MR) is 91.2 cm³/mol. The van der Waals surface area contributed by atoms with E-state index in [4.69, 9.17) is 0 Å². The Morgan fingerprint density at radius 3 is 1.27 bits per heavy atom. The molecule has 1 saturated heterocycles. The van der Waals surface area contributed by atoms with Gasteiger partial charge in [-0.05, 0) is 38.0 Å². The highest BCUT2D eigenvalue weighted by molar-refractivity contribution is 6.06. The molecule has 0 aromatic carbocycles. The second-order valence-corrected chi connectivity index (χ2v) is 9.34. The summed E-state index contributed by atoms with van der Waals surface area (Å²) in [6.07, 6.45) is 4.15. The van der Waals surface area contributed by atoms with Crippen molar-refractivity contribution in [2.45, 2.75) is 67.9 Å². The highest BCUT2D eigenvalue weighted by Crippen LogP contribution is 2.43. The Labute approximate surface area is 136 Å². The first-order chi connectivity index (χ1) is 9.75. The number of fused-ring (bicyclic) bond motifs is 1. The summed E-state index contributed by atoms with van der Waals surface area (Å²) in [5, 5.41) is 0. The lowest BCUT2D eigenvalue weighted by molar-refractivity contribution is -0.145. The molecule has 1 fully saturated rings. The molecule has 2 amide bonds. The molecule has 0 aromatic heterocycles. The zero-order valence-electron chi connectivity index (χ0n) is 15.7. The van der Waals surface area contributed by atoms with Crippen molar-refractivity contribution in [3.8, 4) is 0 Å². The zero-order chi connectivity index (χ0) is 17.5. The van der Waals surface area contributed by atoms with Crippen molar-refractivity contribution in [2.24, 2.45) is 29.1 Å². The molecule has 1 aliphatic heterocycles. The van der Waals surface area contributed by atoms with E-state index in [0.717, 1.165) is 0 Å². The Hall–Kier alpha value is -1.12. The van der Waals surface area contributed by atoms with E-state index in [2.05, 4.69) is 39.8 Å². The van der Waals surface area contributed by atoms with Crippen LogP contribution >= 0.6 is 0 Å². The third kappa shape index (κ3) is 4.21. The highest BCUT2D eigenvalue weighted by Gasteiger charge is 2.54. The summed E-state index contributed by atoms with van der Waals surface area (Å²) in [4.78, 5) is 26.3. The Kier molecular flexibility index (Phi) is 5.31. The van der Waals surface area contributed by atoms with E-state index >= 15 is 0 Å². The quantitative estimate of drug-likeness (QED) is 0.495. The molecule has 3 nitrogen and oxygen atoms in total. The van der Waals surface area contributed by atoms with E-state index in [1.165, 1.54) is 4.90 Å². The van der Waals surface area contributed by atoms with Gasteiger partial charge < -0.3 is 0 Å². The molecule has 0 spiro atoms. The third-order valence-electron chi connectivity index (χ3n) is 3.92. The normalized spacial score (nSPS) is 31.8. The fourth-order valence-corrected chi connectivity index (χ4v) is 3.07. The van der Waals surface area contributed by atoms with Crippen molar-refractivity contribution in [3.05, 3.63) is 12.2 Å². The van der Waals surface area contributed by atoms with Gasteiger partial charge in [-0.1, -0.05) is 53.7 Å². The van der Waals surface area contributed by atoms with Crippen molar-refractivity contribution in [3.63, 3.8) is 0 Å². The largest absolute Gasteiger partial charge is 0.277 e. The monoisotopic (exact) mass is 307 g/mol. The van der Waals surface area contributed by atoms with E-state index in [1.807, 2.05) is 34.6 Å². The average molecular weight is 307 g/mol. The maximum Gasteiger partial charge on any atom is 0.234 e. The number of rotatable bonds is 0. The van der Waals surface area contributed by atoms with Gasteiger partial charge >= 0.3 is 0 Å². The van der Waals surface area contributed by atoms with Gasteiger partial charge in [-0.25, -0.2) is 0 Å². The third-order valence-corrected chi connectivity index (χ3v) is 3.92. The van der Waals surface area contributed by atoms with Gasteiger partial charge in [0.15, 0.2) is 0 Å². The number of imide groups is 1. The number of allylic oxidation sites excluding steroid dienone is 2. The van der Waals surface area contributed by atoms with Crippen LogP contribution in [0.4, 0.5) is 0 Å². The van der Waals surface area contributed by atoms with Crippen molar-refractivity contribution < 1.29 is 9.59 Å². The summed E-state index contributed by atoms with van der Waals surface area (Å²) in [7, 11) is 0. The number of hydrogen-bond donors (Lipinski definition) is 0. The fraction of sp³-hybridized carbons (Fsp3) is 0.789. The molecule has 0 saturated carbocycles. The summed E-state index contributed by atoms with van der Waals surface area (Å²) in [5.74, 6) is 0.0517. The van der Waals surface area contributed by atoms with Gasteiger partial charge in [0.05, 0.1) is 11.8 Å². The molecule has 126 valence electrons. The molecule has 0 radical (unpaired) electrons. The number of carbonyl (C=O) groups is 2. The number of nitrogens with zero attached hydrogens (tertiary/aromatic N) is 1. The molecule has 1 heterocycles. The van der Waals surface area contributed by atoms with Gasteiger partial charge in [-0.3, -0.25) is 14.5 Å². The second kappa shape index (κ2) is 6.17.